The number of nitrogens with one attached hydrogen (secondary N) is 1. The highest BCUT2D eigenvalue weighted by molar-refractivity contribution is 5.75. The van der Waals surface area contributed by atoms with Gasteiger partial charge in [0.15, 0.2) is 0 Å². The predicted molar refractivity (Wildman–Crippen MR) is 51.3 cm³/mol. The van der Waals surface area contributed by atoms with Gasteiger partial charge in [-0.2, -0.15) is 0 Å². The molecule has 0 bridgehead atoms. The van der Waals surface area contributed by atoms with Crippen LogP contribution in [-0.2, 0) is 5.60 Å². The van der Waals surface area contributed by atoms with E-state index in [1.807, 2.05) is 18.2 Å². The number of fused-ring (bicyclic) bond motifs is 1. The Hall–Kier alpha value is -1.35. The third-order valence-electron chi connectivity index (χ3n) is 2.13. The number of aromatic amines is 1. The van der Waals surface area contributed by atoms with Gasteiger partial charge in [-0.1, -0.05) is 6.07 Å². The molecule has 3 heteroatoms. The van der Waals surface area contributed by atoms with Crippen LogP contribution in [0.15, 0.2) is 24.5 Å². The van der Waals surface area contributed by atoms with E-state index >= 15 is 0 Å². The number of rotatable bonds is 1. The number of aliphatic hydroxyl groups is 1. The zero-order valence-electron chi connectivity index (χ0n) is 7.70. The van der Waals surface area contributed by atoms with Gasteiger partial charge in [-0.25, -0.2) is 4.98 Å². The summed E-state index contributed by atoms with van der Waals surface area (Å²) in [5.74, 6) is 0. The first-order valence-electron chi connectivity index (χ1n) is 4.23. The first-order chi connectivity index (χ1) is 6.07. The highest BCUT2D eigenvalue weighted by atomic mass is 16.3. The van der Waals surface area contributed by atoms with Gasteiger partial charge in [-0.3, -0.25) is 0 Å². The first-order valence-corrected chi connectivity index (χ1v) is 4.23. The van der Waals surface area contributed by atoms with E-state index in [1.165, 1.54) is 0 Å². The molecule has 68 valence electrons. The Morgan fingerprint density at radius 3 is 2.85 bits per heavy atom. The third kappa shape index (κ3) is 1.42. The fourth-order valence-corrected chi connectivity index (χ4v) is 1.32. The van der Waals surface area contributed by atoms with E-state index in [2.05, 4.69) is 9.97 Å². The number of imidazole rings is 1. The van der Waals surface area contributed by atoms with Gasteiger partial charge in [0.25, 0.3) is 0 Å². The molecule has 13 heavy (non-hydrogen) atoms. The van der Waals surface area contributed by atoms with E-state index < -0.39 is 5.60 Å². The molecule has 0 radical (unpaired) electrons. The molecule has 2 rings (SSSR count). The molecule has 0 saturated carbocycles. The summed E-state index contributed by atoms with van der Waals surface area (Å²) in [6.07, 6.45) is 1.65. The molecule has 0 amide bonds. The van der Waals surface area contributed by atoms with Crippen molar-refractivity contribution in [1.82, 2.24) is 9.97 Å². The molecule has 0 fully saturated rings. The average Bonchev–Trinajstić information content (AvgIpc) is 2.47. The van der Waals surface area contributed by atoms with Crippen LogP contribution in [0.5, 0.6) is 0 Å². The lowest BCUT2D eigenvalue weighted by Gasteiger charge is -2.17. The second kappa shape index (κ2) is 2.57. The van der Waals surface area contributed by atoms with E-state index in [4.69, 9.17) is 0 Å². The third-order valence-corrected chi connectivity index (χ3v) is 2.13. The number of H-pyrrole nitrogens is 1. The molecular formula is C10H12N2O. The number of benzene rings is 1. The number of hydrogen-bond acceptors (Lipinski definition) is 2. The molecule has 2 aromatic rings. The van der Waals surface area contributed by atoms with Crippen LogP contribution in [0, 0.1) is 0 Å². The van der Waals surface area contributed by atoms with Gasteiger partial charge >= 0.3 is 0 Å². The Morgan fingerprint density at radius 1 is 1.38 bits per heavy atom. The number of hydrogen-bond donors (Lipinski definition) is 2. The summed E-state index contributed by atoms with van der Waals surface area (Å²) >= 11 is 0. The number of nitrogens with zero attached hydrogens (tertiary/aromatic N) is 1. The van der Waals surface area contributed by atoms with Crippen LogP contribution in [0.25, 0.3) is 11.0 Å². The molecule has 0 aliphatic carbocycles. The molecule has 3 nitrogen and oxygen atoms in total. The first kappa shape index (κ1) is 8.26. The summed E-state index contributed by atoms with van der Waals surface area (Å²) in [4.78, 5) is 7.11. The molecule has 0 unspecified atom stereocenters. The van der Waals surface area contributed by atoms with Crippen molar-refractivity contribution >= 4 is 11.0 Å². The second-order valence-electron chi connectivity index (χ2n) is 3.69. The maximum absolute atomic E-state index is 9.75. The Bertz CT molecular complexity index is 426. The Morgan fingerprint density at radius 2 is 2.15 bits per heavy atom. The van der Waals surface area contributed by atoms with Crippen LogP contribution in [0.1, 0.15) is 19.4 Å². The standard InChI is InChI=1S/C10H12N2O/c1-10(2,13)7-3-4-8-9(5-7)12-6-11-8/h3-6,13H,1-2H3,(H,11,12). The summed E-state index contributed by atoms with van der Waals surface area (Å²) in [5, 5.41) is 9.75. The Balaban J connectivity index is 2.61. The van der Waals surface area contributed by atoms with Crippen molar-refractivity contribution in [1.29, 1.82) is 0 Å². The Labute approximate surface area is 76.4 Å². The minimum Gasteiger partial charge on any atom is -0.386 e. The van der Waals surface area contributed by atoms with Crippen molar-refractivity contribution in [2.45, 2.75) is 19.4 Å². The van der Waals surface area contributed by atoms with E-state index in [0.29, 0.717) is 0 Å². The molecule has 0 spiro atoms. The molecule has 0 atom stereocenters. The molecule has 0 aliphatic rings. The van der Waals surface area contributed by atoms with Crippen molar-refractivity contribution in [3.63, 3.8) is 0 Å². The predicted octanol–water partition coefficient (Wildman–Crippen LogP) is 1.79. The summed E-state index contributed by atoms with van der Waals surface area (Å²) < 4.78 is 0. The molecule has 1 aromatic carbocycles. The molecule has 0 saturated heterocycles. The van der Waals surface area contributed by atoms with Crippen LogP contribution in [0.3, 0.4) is 0 Å². The maximum atomic E-state index is 9.75. The molecular weight excluding hydrogens is 164 g/mol. The normalized spacial score (nSPS) is 12.2. The van der Waals surface area contributed by atoms with Crippen molar-refractivity contribution < 1.29 is 5.11 Å². The highest BCUT2D eigenvalue weighted by Gasteiger charge is 2.15. The topological polar surface area (TPSA) is 48.9 Å². The average molecular weight is 176 g/mol. The maximum Gasteiger partial charge on any atom is 0.0931 e. The summed E-state index contributed by atoms with van der Waals surface area (Å²) in [5.41, 5.74) is 1.98. The zero-order chi connectivity index (χ0) is 9.47. The lowest BCUT2D eigenvalue weighted by molar-refractivity contribution is 0.0787. The zero-order valence-corrected chi connectivity index (χ0v) is 7.70. The van der Waals surface area contributed by atoms with Crippen LogP contribution in [0.4, 0.5) is 0 Å². The largest absolute Gasteiger partial charge is 0.386 e. The van der Waals surface area contributed by atoms with Gasteiger partial charge in [0.05, 0.1) is 23.0 Å². The highest BCUT2D eigenvalue weighted by Crippen LogP contribution is 2.22. The smallest absolute Gasteiger partial charge is 0.0931 e. The van der Waals surface area contributed by atoms with Crippen molar-refractivity contribution in [2.75, 3.05) is 0 Å². The molecule has 1 heterocycles. The Kier molecular flexibility index (Phi) is 1.63. The quantitative estimate of drug-likeness (QED) is 0.696. The van der Waals surface area contributed by atoms with E-state index in [1.54, 1.807) is 20.2 Å². The lowest BCUT2D eigenvalue weighted by Crippen LogP contribution is -2.14. The van der Waals surface area contributed by atoms with Crippen LogP contribution in [0.2, 0.25) is 0 Å². The second-order valence-corrected chi connectivity index (χ2v) is 3.69. The summed E-state index contributed by atoms with van der Waals surface area (Å²) in [7, 11) is 0. The van der Waals surface area contributed by atoms with Crippen molar-refractivity contribution in [3.05, 3.63) is 30.1 Å². The van der Waals surface area contributed by atoms with Crippen molar-refractivity contribution in [3.8, 4) is 0 Å². The fourth-order valence-electron chi connectivity index (χ4n) is 1.32. The van der Waals surface area contributed by atoms with Crippen molar-refractivity contribution in [2.24, 2.45) is 0 Å². The summed E-state index contributed by atoms with van der Waals surface area (Å²) in [6, 6.07) is 5.71. The van der Waals surface area contributed by atoms with E-state index in [0.717, 1.165) is 16.6 Å². The number of aromatic nitrogens is 2. The van der Waals surface area contributed by atoms with Crippen LogP contribution < -0.4 is 0 Å². The van der Waals surface area contributed by atoms with Gasteiger partial charge in [0.2, 0.25) is 0 Å². The molecule has 1 aromatic heterocycles. The van der Waals surface area contributed by atoms with Gasteiger partial charge in [0.1, 0.15) is 0 Å². The van der Waals surface area contributed by atoms with Crippen LogP contribution in [-0.4, -0.2) is 15.1 Å². The van der Waals surface area contributed by atoms with Crippen LogP contribution >= 0.6 is 0 Å². The van der Waals surface area contributed by atoms with Gasteiger partial charge in [-0.15, -0.1) is 0 Å². The minimum atomic E-state index is -0.792. The molecule has 2 N–H and O–H groups in total. The van der Waals surface area contributed by atoms with Gasteiger partial charge < -0.3 is 10.1 Å². The van der Waals surface area contributed by atoms with Gasteiger partial charge in [-0.05, 0) is 31.5 Å². The summed E-state index contributed by atoms with van der Waals surface area (Å²) in [6.45, 7) is 3.54. The SMILES string of the molecule is CC(C)(O)c1ccc2nc[nH]c2c1. The minimum absolute atomic E-state index is 0.792. The van der Waals surface area contributed by atoms with Gasteiger partial charge in [0, 0.05) is 0 Å². The monoisotopic (exact) mass is 176 g/mol. The lowest BCUT2D eigenvalue weighted by atomic mass is 9.98. The van der Waals surface area contributed by atoms with E-state index in [-0.39, 0.29) is 0 Å². The van der Waals surface area contributed by atoms with E-state index in [9.17, 15) is 5.11 Å². The molecule has 0 aliphatic heterocycles. The fraction of sp³-hybridized carbons (Fsp3) is 0.300.